The average molecular weight is 294 g/mol. The van der Waals surface area contributed by atoms with Crippen LogP contribution in [0, 0.1) is 0 Å². The summed E-state index contributed by atoms with van der Waals surface area (Å²) in [5.41, 5.74) is 0.571. The first-order valence-electron chi connectivity index (χ1n) is 7.85. The van der Waals surface area contributed by atoms with Gasteiger partial charge in [0.1, 0.15) is 0 Å². The number of aliphatic hydroxyl groups excluding tert-OH is 1. The van der Waals surface area contributed by atoms with Gasteiger partial charge in [-0.3, -0.25) is 9.69 Å². The number of aliphatic hydroxyl groups is 1. The van der Waals surface area contributed by atoms with E-state index < -0.39 is 0 Å². The van der Waals surface area contributed by atoms with Gasteiger partial charge in [0, 0.05) is 37.5 Å². The molecule has 1 aromatic heterocycles. The SMILES string of the molecule is CN(Cc1cc(=O)c(O)cn1CCCO)C1CCCCC1. The number of aryl methyl sites for hydroxylation is 1. The van der Waals surface area contributed by atoms with Gasteiger partial charge in [0.2, 0.25) is 5.43 Å². The summed E-state index contributed by atoms with van der Waals surface area (Å²) in [5, 5.41) is 18.6. The molecule has 0 amide bonds. The van der Waals surface area contributed by atoms with Crippen molar-refractivity contribution >= 4 is 0 Å². The van der Waals surface area contributed by atoms with Gasteiger partial charge in [-0.05, 0) is 26.3 Å². The summed E-state index contributed by atoms with van der Waals surface area (Å²) in [7, 11) is 2.10. The lowest BCUT2D eigenvalue weighted by Crippen LogP contribution is -2.34. The third kappa shape index (κ3) is 4.32. The molecule has 0 bridgehead atoms. The van der Waals surface area contributed by atoms with E-state index in [2.05, 4.69) is 11.9 Å². The molecule has 0 saturated heterocycles. The first-order chi connectivity index (χ1) is 10.1. The van der Waals surface area contributed by atoms with E-state index in [-0.39, 0.29) is 17.8 Å². The minimum absolute atomic E-state index is 0.102. The summed E-state index contributed by atoms with van der Waals surface area (Å²) < 4.78 is 1.88. The van der Waals surface area contributed by atoms with Crippen molar-refractivity contribution in [3.63, 3.8) is 0 Å². The molecule has 118 valence electrons. The van der Waals surface area contributed by atoms with E-state index in [9.17, 15) is 9.90 Å². The van der Waals surface area contributed by atoms with Crippen LogP contribution in [0.1, 0.15) is 44.2 Å². The zero-order valence-corrected chi connectivity index (χ0v) is 12.8. The molecular weight excluding hydrogens is 268 g/mol. The Kier molecular flexibility index (Phi) is 5.82. The highest BCUT2D eigenvalue weighted by Gasteiger charge is 2.19. The van der Waals surface area contributed by atoms with Crippen molar-refractivity contribution in [2.45, 2.75) is 57.7 Å². The molecule has 0 unspecified atom stereocenters. The van der Waals surface area contributed by atoms with Crippen LogP contribution in [0.15, 0.2) is 17.1 Å². The molecule has 1 aromatic rings. The summed E-state index contributed by atoms with van der Waals surface area (Å²) >= 11 is 0. The second-order valence-electron chi connectivity index (χ2n) is 5.99. The van der Waals surface area contributed by atoms with Crippen LogP contribution in [0.4, 0.5) is 0 Å². The van der Waals surface area contributed by atoms with E-state index in [4.69, 9.17) is 5.11 Å². The van der Waals surface area contributed by atoms with Crippen molar-refractivity contribution in [1.29, 1.82) is 0 Å². The molecule has 2 N–H and O–H groups in total. The first kappa shape index (κ1) is 16.0. The molecule has 0 atom stereocenters. The molecule has 1 fully saturated rings. The zero-order valence-electron chi connectivity index (χ0n) is 12.8. The highest BCUT2D eigenvalue weighted by molar-refractivity contribution is 5.20. The third-order valence-corrected chi connectivity index (χ3v) is 4.36. The Morgan fingerprint density at radius 3 is 2.71 bits per heavy atom. The summed E-state index contributed by atoms with van der Waals surface area (Å²) in [4.78, 5) is 14.0. The maximum absolute atomic E-state index is 11.7. The van der Waals surface area contributed by atoms with Crippen LogP contribution in [-0.2, 0) is 13.1 Å². The van der Waals surface area contributed by atoms with Gasteiger partial charge in [-0.1, -0.05) is 19.3 Å². The fourth-order valence-electron chi connectivity index (χ4n) is 3.09. The molecule has 5 heteroatoms. The van der Waals surface area contributed by atoms with Crippen molar-refractivity contribution in [2.75, 3.05) is 13.7 Å². The average Bonchev–Trinajstić information content (AvgIpc) is 2.50. The highest BCUT2D eigenvalue weighted by Crippen LogP contribution is 2.23. The molecule has 0 radical (unpaired) electrons. The van der Waals surface area contributed by atoms with E-state index in [1.807, 2.05) is 4.57 Å². The third-order valence-electron chi connectivity index (χ3n) is 4.36. The summed E-state index contributed by atoms with van der Waals surface area (Å²) in [6.07, 6.45) is 8.42. The Morgan fingerprint density at radius 1 is 1.33 bits per heavy atom. The molecule has 1 aliphatic carbocycles. The second-order valence-corrected chi connectivity index (χ2v) is 5.99. The Bertz CT molecular complexity index is 507. The first-order valence-corrected chi connectivity index (χ1v) is 7.85. The predicted molar refractivity (Wildman–Crippen MR) is 82.4 cm³/mol. The van der Waals surface area contributed by atoms with Gasteiger partial charge >= 0.3 is 0 Å². The van der Waals surface area contributed by atoms with Crippen molar-refractivity contribution in [3.8, 4) is 5.75 Å². The molecule has 21 heavy (non-hydrogen) atoms. The molecule has 1 saturated carbocycles. The Balaban J connectivity index is 2.12. The van der Waals surface area contributed by atoms with Crippen LogP contribution >= 0.6 is 0 Å². The van der Waals surface area contributed by atoms with E-state index >= 15 is 0 Å². The maximum Gasteiger partial charge on any atom is 0.223 e. The van der Waals surface area contributed by atoms with Crippen LogP contribution in [0.3, 0.4) is 0 Å². The number of hydrogen-bond acceptors (Lipinski definition) is 4. The van der Waals surface area contributed by atoms with Crippen LogP contribution in [0.25, 0.3) is 0 Å². The molecule has 0 aliphatic heterocycles. The van der Waals surface area contributed by atoms with Crippen molar-refractivity contribution < 1.29 is 10.2 Å². The maximum atomic E-state index is 11.7. The summed E-state index contributed by atoms with van der Waals surface area (Å²) in [6.45, 7) is 1.41. The molecular formula is C16H26N2O3. The number of rotatable bonds is 6. The molecule has 0 aromatic carbocycles. The molecule has 0 spiro atoms. The van der Waals surface area contributed by atoms with Crippen LogP contribution in [0.5, 0.6) is 5.75 Å². The minimum atomic E-state index is -0.331. The number of aromatic nitrogens is 1. The smallest absolute Gasteiger partial charge is 0.223 e. The van der Waals surface area contributed by atoms with E-state index in [0.717, 1.165) is 5.69 Å². The summed E-state index contributed by atoms with van der Waals surface area (Å²) in [5.74, 6) is -0.225. The van der Waals surface area contributed by atoms with Crippen molar-refractivity contribution in [2.24, 2.45) is 0 Å². The molecule has 1 aliphatic rings. The van der Waals surface area contributed by atoms with Gasteiger partial charge < -0.3 is 14.8 Å². The molecule has 2 rings (SSSR count). The largest absolute Gasteiger partial charge is 0.503 e. The monoisotopic (exact) mass is 294 g/mol. The van der Waals surface area contributed by atoms with Gasteiger partial charge in [-0.2, -0.15) is 0 Å². The Morgan fingerprint density at radius 2 is 2.05 bits per heavy atom. The van der Waals surface area contributed by atoms with Gasteiger partial charge in [0.05, 0.1) is 6.20 Å². The van der Waals surface area contributed by atoms with Gasteiger partial charge in [-0.15, -0.1) is 0 Å². The zero-order chi connectivity index (χ0) is 15.2. The van der Waals surface area contributed by atoms with E-state index in [0.29, 0.717) is 25.6 Å². The minimum Gasteiger partial charge on any atom is -0.503 e. The number of pyridine rings is 1. The lowest BCUT2D eigenvalue weighted by atomic mass is 9.94. The van der Waals surface area contributed by atoms with Crippen LogP contribution < -0.4 is 5.43 Å². The standard InChI is InChI=1S/C16H26N2O3/c1-17(13-6-3-2-4-7-13)11-14-10-15(20)16(21)12-18(14)8-5-9-19/h10,12-13,19,21H,2-9,11H2,1H3. The normalized spacial score (nSPS) is 16.5. The van der Waals surface area contributed by atoms with Crippen molar-refractivity contribution in [1.82, 2.24) is 9.47 Å². The lowest BCUT2D eigenvalue weighted by Gasteiger charge is -2.31. The summed E-state index contributed by atoms with van der Waals surface area (Å²) in [6, 6.07) is 2.10. The quantitative estimate of drug-likeness (QED) is 0.838. The highest BCUT2D eigenvalue weighted by atomic mass is 16.3. The molecule has 1 heterocycles. The molecule has 5 nitrogen and oxygen atoms in total. The lowest BCUT2D eigenvalue weighted by molar-refractivity contribution is 0.179. The Labute approximate surface area is 125 Å². The van der Waals surface area contributed by atoms with Crippen molar-refractivity contribution in [3.05, 3.63) is 28.2 Å². The predicted octanol–water partition coefficient (Wildman–Crippen LogP) is 1.70. The number of aromatic hydroxyl groups is 1. The van der Waals surface area contributed by atoms with E-state index in [1.165, 1.54) is 44.4 Å². The van der Waals surface area contributed by atoms with Gasteiger partial charge in [0.25, 0.3) is 0 Å². The van der Waals surface area contributed by atoms with Crippen LogP contribution in [-0.4, -0.2) is 39.4 Å². The van der Waals surface area contributed by atoms with Gasteiger partial charge in [-0.25, -0.2) is 0 Å². The topological polar surface area (TPSA) is 65.7 Å². The van der Waals surface area contributed by atoms with Gasteiger partial charge in [0.15, 0.2) is 5.75 Å². The van der Waals surface area contributed by atoms with E-state index in [1.54, 1.807) is 0 Å². The fraction of sp³-hybridized carbons (Fsp3) is 0.688. The number of nitrogens with zero attached hydrogens (tertiary/aromatic N) is 2. The second kappa shape index (κ2) is 7.61. The fourth-order valence-corrected chi connectivity index (χ4v) is 3.09. The van der Waals surface area contributed by atoms with Crippen LogP contribution in [0.2, 0.25) is 0 Å². The Hall–Kier alpha value is -1.33. The number of hydrogen-bond donors (Lipinski definition) is 2.